The summed E-state index contributed by atoms with van der Waals surface area (Å²) in [5.74, 6) is -2.08. The first-order valence-corrected chi connectivity index (χ1v) is 13.4. The summed E-state index contributed by atoms with van der Waals surface area (Å²) >= 11 is 1.26. The van der Waals surface area contributed by atoms with Crippen LogP contribution in [0.2, 0.25) is 0 Å². The predicted octanol–water partition coefficient (Wildman–Crippen LogP) is 1.51. The van der Waals surface area contributed by atoms with Crippen molar-refractivity contribution in [1.29, 1.82) is 10.8 Å². The van der Waals surface area contributed by atoms with E-state index >= 15 is 0 Å². The molecule has 0 saturated heterocycles. The number of amides is 3. The van der Waals surface area contributed by atoms with Crippen molar-refractivity contribution in [3.8, 4) is 0 Å². The fourth-order valence-electron chi connectivity index (χ4n) is 3.79. The molecule has 0 unspecified atom stereocenters. The number of nitrogens with two attached hydrogens (primary N) is 2. The Morgan fingerprint density at radius 3 is 2.29 bits per heavy atom. The van der Waals surface area contributed by atoms with E-state index in [0.29, 0.717) is 16.0 Å². The molecule has 0 saturated carbocycles. The Morgan fingerprint density at radius 1 is 1.00 bits per heavy atom. The summed E-state index contributed by atoms with van der Waals surface area (Å²) in [7, 11) is 1.14. The van der Waals surface area contributed by atoms with E-state index in [1.54, 1.807) is 57.2 Å². The van der Waals surface area contributed by atoms with Crippen molar-refractivity contribution in [3.63, 3.8) is 0 Å². The largest absolute Gasteiger partial charge is 0.460 e. The molecule has 0 radical (unpaired) electrons. The first-order valence-electron chi connectivity index (χ1n) is 12.6. The van der Waals surface area contributed by atoms with E-state index in [2.05, 4.69) is 16.0 Å². The SMILES string of the molecule is COC(=O)N[C@](CCC(=O)OC(C)(C)C)(Cc1cccc(C(=N)N)c1)C(=O)NCC(=O)NCc1ccc(C(=N)N)s1. The second-order valence-electron chi connectivity index (χ2n) is 10.2. The summed E-state index contributed by atoms with van der Waals surface area (Å²) in [5, 5.41) is 23.0. The summed E-state index contributed by atoms with van der Waals surface area (Å²) in [6, 6.07) is 9.96. The van der Waals surface area contributed by atoms with Gasteiger partial charge < -0.3 is 36.9 Å². The van der Waals surface area contributed by atoms with Gasteiger partial charge in [-0.2, -0.15) is 0 Å². The topological polar surface area (TPSA) is 223 Å². The number of methoxy groups -OCH3 is 1. The zero-order chi connectivity index (χ0) is 30.8. The van der Waals surface area contributed by atoms with Gasteiger partial charge in [0.1, 0.15) is 22.8 Å². The highest BCUT2D eigenvalue weighted by Crippen LogP contribution is 2.23. The highest BCUT2D eigenvalue weighted by atomic mass is 32.1. The highest BCUT2D eigenvalue weighted by Gasteiger charge is 2.41. The number of benzene rings is 1. The number of nitrogens with one attached hydrogen (secondary N) is 5. The summed E-state index contributed by atoms with van der Waals surface area (Å²) in [4.78, 5) is 52.6. The number of hydrogen-bond acceptors (Lipinski definition) is 9. The van der Waals surface area contributed by atoms with Gasteiger partial charge in [0.15, 0.2) is 0 Å². The van der Waals surface area contributed by atoms with Gasteiger partial charge in [-0.15, -0.1) is 11.3 Å². The number of hydrogen-bond donors (Lipinski definition) is 7. The van der Waals surface area contributed by atoms with Gasteiger partial charge in [-0.3, -0.25) is 25.2 Å². The molecular formula is C27H37N7O6S. The highest BCUT2D eigenvalue weighted by molar-refractivity contribution is 7.14. The van der Waals surface area contributed by atoms with Gasteiger partial charge in [0.2, 0.25) is 11.8 Å². The molecule has 13 nitrogen and oxygen atoms in total. The summed E-state index contributed by atoms with van der Waals surface area (Å²) < 4.78 is 10.2. The van der Waals surface area contributed by atoms with E-state index < -0.39 is 41.6 Å². The van der Waals surface area contributed by atoms with Crippen molar-refractivity contribution in [3.05, 3.63) is 57.3 Å². The van der Waals surface area contributed by atoms with Crippen LogP contribution in [0.1, 0.15) is 54.5 Å². The Hall–Kier alpha value is -4.46. The number of nitrogen functional groups attached to an aromatic ring is 2. The number of ether oxygens (including phenoxy) is 2. The van der Waals surface area contributed by atoms with Crippen LogP contribution in [0.15, 0.2) is 36.4 Å². The van der Waals surface area contributed by atoms with E-state index in [1.807, 2.05) is 0 Å². The molecule has 0 aliphatic rings. The lowest BCUT2D eigenvalue weighted by Crippen LogP contribution is -2.61. The quantitative estimate of drug-likeness (QED) is 0.103. The van der Waals surface area contributed by atoms with E-state index in [0.717, 1.165) is 12.0 Å². The summed E-state index contributed by atoms with van der Waals surface area (Å²) in [5.41, 5.74) is 9.55. The van der Waals surface area contributed by atoms with Crippen molar-refractivity contribution in [2.24, 2.45) is 11.5 Å². The zero-order valence-electron chi connectivity index (χ0n) is 23.5. The molecule has 2 aromatic rings. The maximum Gasteiger partial charge on any atom is 0.407 e. The van der Waals surface area contributed by atoms with Crippen LogP contribution >= 0.6 is 11.3 Å². The standard InChI is InChI=1S/C27H37N7O6S/c1-26(2,3)40-21(36)10-11-27(34-25(38)39-4,13-16-6-5-7-17(12-16)22(28)29)24(37)33-15-20(35)32-14-18-8-9-19(41-18)23(30)31/h5-9,12H,10-11,13-15H2,1-4H3,(H3,28,29)(H3,30,31)(H,32,35)(H,33,37)(H,34,38)/t27-/m1/s1. The molecule has 0 aliphatic carbocycles. The van der Waals surface area contributed by atoms with Crippen LogP contribution in [0.5, 0.6) is 0 Å². The number of thiophene rings is 1. The molecule has 3 amide bonds. The molecule has 1 heterocycles. The normalized spacial score (nSPS) is 12.4. The average Bonchev–Trinajstić information content (AvgIpc) is 3.38. The second kappa shape index (κ2) is 14.3. The lowest BCUT2D eigenvalue weighted by molar-refractivity contribution is -0.155. The molecule has 41 heavy (non-hydrogen) atoms. The minimum atomic E-state index is -1.73. The summed E-state index contributed by atoms with van der Waals surface area (Å²) in [6.07, 6.45) is -1.44. The van der Waals surface area contributed by atoms with Gasteiger partial charge in [0.25, 0.3) is 0 Å². The lowest BCUT2D eigenvalue weighted by atomic mass is 9.84. The van der Waals surface area contributed by atoms with Crippen LogP contribution in [0.3, 0.4) is 0 Å². The van der Waals surface area contributed by atoms with Crippen molar-refractivity contribution in [2.75, 3.05) is 13.7 Å². The van der Waals surface area contributed by atoms with Crippen LogP contribution in [-0.4, -0.2) is 60.3 Å². The van der Waals surface area contributed by atoms with E-state index in [9.17, 15) is 19.2 Å². The van der Waals surface area contributed by atoms with Crippen molar-refractivity contribution in [2.45, 2.75) is 57.7 Å². The molecular weight excluding hydrogens is 550 g/mol. The Bertz CT molecular complexity index is 1300. The molecule has 1 atom stereocenters. The first kappa shape index (κ1) is 32.8. The van der Waals surface area contributed by atoms with Gasteiger partial charge in [-0.1, -0.05) is 18.2 Å². The third-order valence-electron chi connectivity index (χ3n) is 5.68. The molecule has 1 aromatic heterocycles. The van der Waals surface area contributed by atoms with Crippen LogP contribution in [0, 0.1) is 10.8 Å². The molecule has 2 rings (SSSR count). The Morgan fingerprint density at radius 2 is 1.71 bits per heavy atom. The molecule has 14 heteroatoms. The van der Waals surface area contributed by atoms with E-state index in [1.165, 1.54) is 11.3 Å². The minimum Gasteiger partial charge on any atom is -0.460 e. The van der Waals surface area contributed by atoms with Gasteiger partial charge >= 0.3 is 12.1 Å². The maximum atomic E-state index is 13.7. The lowest BCUT2D eigenvalue weighted by Gasteiger charge is -2.33. The van der Waals surface area contributed by atoms with Crippen LogP contribution in [-0.2, 0) is 36.8 Å². The Balaban J connectivity index is 2.28. The number of carbonyl (C=O) groups excluding carboxylic acids is 4. The number of esters is 1. The molecule has 0 bridgehead atoms. The number of rotatable bonds is 13. The van der Waals surface area contributed by atoms with Gasteiger partial charge in [-0.25, -0.2) is 4.79 Å². The molecule has 0 aliphatic heterocycles. The number of amidine groups is 2. The van der Waals surface area contributed by atoms with Crippen LogP contribution in [0.25, 0.3) is 0 Å². The molecule has 0 fully saturated rings. The molecule has 222 valence electrons. The third kappa shape index (κ3) is 10.6. The van der Waals surface area contributed by atoms with E-state index in [4.69, 9.17) is 31.8 Å². The zero-order valence-corrected chi connectivity index (χ0v) is 24.3. The third-order valence-corrected chi connectivity index (χ3v) is 6.80. The Kier molecular flexibility index (Phi) is 11.4. The minimum absolute atomic E-state index is 0.0745. The first-order chi connectivity index (χ1) is 19.1. The van der Waals surface area contributed by atoms with Crippen molar-refractivity contribution < 1.29 is 28.7 Å². The van der Waals surface area contributed by atoms with Gasteiger partial charge in [0.05, 0.1) is 25.1 Å². The molecule has 0 spiro atoms. The van der Waals surface area contributed by atoms with Gasteiger partial charge in [0, 0.05) is 23.3 Å². The molecule has 9 N–H and O–H groups in total. The predicted molar refractivity (Wildman–Crippen MR) is 155 cm³/mol. The monoisotopic (exact) mass is 587 g/mol. The molecule has 1 aromatic carbocycles. The van der Waals surface area contributed by atoms with Crippen molar-refractivity contribution in [1.82, 2.24) is 16.0 Å². The number of alkyl carbamates (subject to hydrolysis) is 1. The number of carbonyl (C=O) groups is 4. The smallest absolute Gasteiger partial charge is 0.407 e. The van der Waals surface area contributed by atoms with E-state index in [-0.39, 0.29) is 37.5 Å². The maximum absolute atomic E-state index is 13.7. The average molecular weight is 588 g/mol. The second-order valence-corrected chi connectivity index (χ2v) is 11.4. The Labute approximate surface area is 242 Å². The van der Waals surface area contributed by atoms with Crippen LogP contribution in [0.4, 0.5) is 4.79 Å². The van der Waals surface area contributed by atoms with Crippen molar-refractivity contribution >= 4 is 46.9 Å². The van der Waals surface area contributed by atoms with Gasteiger partial charge in [-0.05, 0) is 51.0 Å². The fraction of sp³-hybridized carbons (Fsp3) is 0.407. The fourth-order valence-corrected chi connectivity index (χ4v) is 4.60. The van der Waals surface area contributed by atoms with Crippen LogP contribution < -0.4 is 27.4 Å². The summed E-state index contributed by atoms with van der Waals surface area (Å²) in [6.45, 7) is 4.87.